The predicted molar refractivity (Wildman–Crippen MR) is 206 cm³/mol. The predicted octanol–water partition coefficient (Wildman–Crippen LogP) is 2.81. The lowest BCUT2D eigenvalue weighted by atomic mass is 10.0. The summed E-state index contributed by atoms with van der Waals surface area (Å²) in [6.07, 6.45) is 8.86. The number of rotatable bonds is 17. The monoisotopic (exact) mass is 758 g/mol. The highest BCUT2D eigenvalue weighted by Gasteiger charge is 2.30. The molecule has 5 amide bonds. The Hall–Kier alpha value is -5.37. The summed E-state index contributed by atoms with van der Waals surface area (Å²) in [7, 11) is 0. The van der Waals surface area contributed by atoms with Gasteiger partial charge in [-0.15, -0.1) is 0 Å². The smallest absolute Gasteiger partial charge is 0.325 e. The Balaban J connectivity index is 1.40. The minimum Gasteiger partial charge on any atom is -0.461 e. The average molecular weight is 759 g/mol. The number of amides is 5. The molecule has 5 N–H and O–H groups in total. The molecule has 1 heterocycles. The van der Waals surface area contributed by atoms with Gasteiger partial charge in [-0.3, -0.25) is 33.8 Å². The lowest BCUT2D eigenvalue weighted by Crippen LogP contribution is -2.57. The second-order valence-electron chi connectivity index (χ2n) is 14.8. The summed E-state index contributed by atoms with van der Waals surface area (Å²) in [6.45, 7) is 5.60. The van der Waals surface area contributed by atoms with Crippen molar-refractivity contribution in [2.45, 2.75) is 109 Å². The largest absolute Gasteiger partial charge is 0.461 e. The Morgan fingerprint density at radius 1 is 0.727 bits per heavy atom. The van der Waals surface area contributed by atoms with Crippen LogP contribution in [0, 0.1) is 0 Å². The van der Waals surface area contributed by atoms with E-state index in [2.05, 4.69) is 31.6 Å². The number of benzene rings is 2. The van der Waals surface area contributed by atoms with Gasteiger partial charge in [0.1, 0.15) is 30.8 Å². The summed E-state index contributed by atoms with van der Waals surface area (Å²) in [5.74, 6) is -3.61. The summed E-state index contributed by atoms with van der Waals surface area (Å²) in [5.41, 5.74) is 0.782. The van der Waals surface area contributed by atoms with Crippen molar-refractivity contribution in [3.63, 3.8) is 0 Å². The number of ether oxygens (including phenoxy) is 2. The number of nitrogens with zero attached hydrogens (tertiary/aromatic N) is 1. The zero-order valence-corrected chi connectivity index (χ0v) is 32.2. The first-order chi connectivity index (χ1) is 26.3. The topological polar surface area (TPSA) is 194 Å². The molecule has 296 valence electrons. The van der Waals surface area contributed by atoms with Gasteiger partial charge in [0.2, 0.25) is 29.5 Å². The van der Waals surface area contributed by atoms with Gasteiger partial charge in [-0.25, -0.2) is 0 Å². The summed E-state index contributed by atoms with van der Waals surface area (Å²) in [5, 5.41) is 15.1. The molecule has 14 nitrogen and oxygen atoms in total. The first-order valence-electron chi connectivity index (χ1n) is 18.9. The Morgan fingerprint density at radius 3 is 2.05 bits per heavy atom. The van der Waals surface area contributed by atoms with E-state index in [9.17, 15) is 28.8 Å². The number of pyridine rings is 1. The van der Waals surface area contributed by atoms with Gasteiger partial charge in [0.25, 0.3) is 0 Å². The normalized spacial score (nSPS) is 15.1. The molecule has 1 aliphatic rings. The van der Waals surface area contributed by atoms with E-state index in [1.165, 1.54) is 6.92 Å². The molecule has 1 fully saturated rings. The van der Waals surface area contributed by atoms with Crippen molar-refractivity contribution in [2.75, 3.05) is 19.7 Å². The van der Waals surface area contributed by atoms with Crippen molar-refractivity contribution >= 4 is 46.3 Å². The van der Waals surface area contributed by atoms with Crippen LogP contribution in [0.5, 0.6) is 0 Å². The lowest BCUT2D eigenvalue weighted by Gasteiger charge is -2.26. The number of hydrogen-bond acceptors (Lipinski definition) is 9. The first kappa shape index (κ1) is 42.4. The standard InChI is InChI=1S/C41H54N6O8/c1-27(48)45-33(21-28-17-18-30-13-9-10-14-31(30)20-28)38(51)43-24-36(49)46-34(22-29-12-11-19-42-23-29)40(53)47-35(26-54-41(2,3)4)39(52)44-25-37(50)55-32-15-7-5-6-8-16-32/h9-14,17-20,23,32-35H,5-8,15-16,21-22,24-26H2,1-4H3,(H,43,51)(H,44,52)(H,45,48)(H,46,49)(H,47,53). The van der Waals surface area contributed by atoms with Crippen molar-refractivity contribution in [1.29, 1.82) is 0 Å². The van der Waals surface area contributed by atoms with Gasteiger partial charge < -0.3 is 36.1 Å². The third-order valence-corrected chi connectivity index (χ3v) is 9.01. The van der Waals surface area contributed by atoms with E-state index in [0.29, 0.717) is 5.56 Å². The molecule has 3 aromatic rings. The van der Waals surface area contributed by atoms with Gasteiger partial charge in [0.05, 0.1) is 18.8 Å². The minimum atomic E-state index is -1.22. The first-order valence-corrected chi connectivity index (χ1v) is 18.9. The summed E-state index contributed by atoms with van der Waals surface area (Å²) in [4.78, 5) is 82.5. The molecule has 3 atom stereocenters. The molecular weight excluding hydrogens is 704 g/mol. The fraction of sp³-hybridized carbons (Fsp3) is 0.488. The van der Waals surface area contributed by atoms with Gasteiger partial charge in [-0.2, -0.15) is 0 Å². The average Bonchev–Trinajstić information content (AvgIpc) is 3.42. The molecule has 1 saturated carbocycles. The van der Waals surface area contributed by atoms with Gasteiger partial charge in [-0.1, -0.05) is 61.4 Å². The van der Waals surface area contributed by atoms with Crippen LogP contribution >= 0.6 is 0 Å². The number of carbonyl (C=O) groups is 6. The second-order valence-corrected chi connectivity index (χ2v) is 14.8. The third kappa shape index (κ3) is 15.1. The zero-order valence-electron chi connectivity index (χ0n) is 32.2. The number of fused-ring (bicyclic) bond motifs is 1. The molecule has 1 aliphatic carbocycles. The molecule has 0 saturated heterocycles. The number of hydrogen-bond donors (Lipinski definition) is 5. The Kier molecular flexibility index (Phi) is 16.1. The number of nitrogens with one attached hydrogen (secondary N) is 5. The van der Waals surface area contributed by atoms with Crippen LogP contribution in [0.4, 0.5) is 0 Å². The van der Waals surface area contributed by atoms with E-state index in [1.54, 1.807) is 45.3 Å². The molecule has 2 aromatic carbocycles. The number of carbonyl (C=O) groups excluding carboxylic acids is 6. The molecule has 0 aliphatic heterocycles. The quantitative estimate of drug-likeness (QED) is 0.102. The highest BCUT2D eigenvalue weighted by Crippen LogP contribution is 2.20. The maximum absolute atomic E-state index is 13.8. The summed E-state index contributed by atoms with van der Waals surface area (Å²) in [6, 6.07) is 13.6. The Labute approximate surface area is 322 Å². The molecule has 14 heteroatoms. The van der Waals surface area contributed by atoms with E-state index in [1.807, 2.05) is 42.5 Å². The maximum Gasteiger partial charge on any atom is 0.325 e. The van der Waals surface area contributed by atoms with Crippen LogP contribution in [0.3, 0.4) is 0 Å². The zero-order chi connectivity index (χ0) is 39.8. The number of aromatic nitrogens is 1. The van der Waals surface area contributed by atoms with Gasteiger partial charge >= 0.3 is 5.97 Å². The van der Waals surface area contributed by atoms with E-state index in [0.717, 1.165) is 54.9 Å². The van der Waals surface area contributed by atoms with Crippen LogP contribution in [-0.4, -0.2) is 90.0 Å². The highest BCUT2D eigenvalue weighted by molar-refractivity contribution is 5.95. The molecule has 0 radical (unpaired) electrons. The molecular formula is C41H54N6O8. The van der Waals surface area contributed by atoms with Gasteiger partial charge in [0.15, 0.2) is 0 Å². The fourth-order valence-corrected chi connectivity index (χ4v) is 6.21. The van der Waals surface area contributed by atoms with Crippen molar-refractivity contribution in [3.8, 4) is 0 Å². The van der Waals surface area contributed by atoms with E-state index in [-0.39, 0.29) is 32.1 Å². The maximum atomic E-state index is 13.8. The Morgan fingerprint density at radius 2 is 1.38 bits per heavy atom. The van der Waals surface area contributed by atoms with E-state index < -0.39 is 65.8 Å². The van der Waals surface area contributed by atoms with E-state index >= 15 is 0 Å². The van der Waals surface area contributed by atoms with Crippen molar-refractivity contribution < 1.29 is 38.2 Å². The molecule has 0 bridgehead atoms. The van der Waals surface area contributed by atoms with Crippen LogP contribution < -0.4 is 26.6 Å². The van der Waals surface area contributed by atoms with Crippen LogP contribution in [0.1, 0.15) is 77.3 Å². The summed E-state index contributed by atoms with van der Waals surface area (Å²) >= 11 is 0. The molecule has 55 heavy (non-hydrogen) atoms. The number of esters is 1. The van der Waals surface area contributed by atoms with Crippen LogP contribution in [-0.2, 0) is 51.1 Å². The second kappa shape index (κ2) is 20.9. The highest BCUT2D eigenvalue weighted by atomic mass is 16.5. The van der Waals surface area contributed by atoms with Crippen LogP contribution in [0.2, 0.25) is 0 Å². The van der Waals surface area contributed by atoms with Crippen LogP contribution in [0.25, 0.3) is 10.8 Å². The lowest BCUT2D eigenvalue weighted by molar-refractivity contribution is -0.150. The van der Waals surface area contributed by atoms with Gasteiger partial charge in [0, 0.05) is 32.2 Å². The fourth-order valence-electron chi connectivity index (χ4n) is 6.21. The third-order valence-electron chi connectivity index (χ3n) is 9.01. The minimum absolute atomic E-state index is 0.0119. The van der Waals surface area contributed by atoms with Crippen molar-refractivity contribution in [3.05, 3.63) is 78.1 Å². The SMILES string of the molecule is CC(=O)NC(Cc1ccc2ccccc2c1)C(=O)NCC(=O)NC(Cc1cccnc1)C(=O)NC(COC(C)(C)C)C(=O)NCC(=O)OC1CCCCCC1. The van der Waals surface area contributed by atoms with Crippen LogP contribution in [0.15, 0.2) is 67.0 Å². The van der Waals surface area contributed by atoms with Gasteiger partial charge in [-0.05, 0) is 74.4 Å². The van der Waals surface area contributed by atoms with Crippen molar-refractivity contribution in [1.82, 2.24) is 31.6 Å². The van der Waals surface area contributed by atoms with Crippen molar-refractivity contribution in [2.24, 2.45) is 0 Å². The Bertz CT molecular complexity index is 1770. The molecule has 1 aromatic heterocycles. The van der Waals surface area contributed by atoms with E-state index in [4.69, 9.17) is 9.47 Å². The molecule has 0 spiro atoms. The molecule has 4 rings (SSSR count). The summed E-state index contributed by atoms with van der Waals surface area (Å²) < 4.78 is 11.4. The molecule has 3 unspecified atom stereocenters.